The molecule has 0 N–H and O–H groups in total. The van der Waals surface area contributed by atoms with Gasteiger partial charge >= 0.3 is 0 Å². The van der Waals surface area contributed by atoms with Crippen molar-refractivity contribution in [1.82, 2.24) is 19.8 Å². The summed E-state index contributed by atoms with van der Waals surface area (Å²) in [6, 6.07) is 2.06. The van der Waals surface area contributed by atoms with Crippen LogP contribution in [-0.2, 0) is 11.3 Å². The van der Waals surface area contributed by atoms with E-state index in [0.717, 1.165) is 63.8 Å². The second-order valence-corrected chi connectivity index (χ2v) is 6.25. The van der Waals surface area contributed by atoms with E-state index < -0.39 is 0 Å². The Balaban J connectivity index is 1.62. The van der Waals surface area contributed by atoms with Gasteiger partial charge in [-0.15, -0.1) is 0 Å². The highest BCUT2D eigenvalue weighted by Crippen LogP contribution is 2.22. The summed E-state index contributed by atoms with van der Waals surface area (Å²) in [6.45, 7) is 7.24. The molecule has 116 valence electrons. The number of hydrogen-bond donors (Lipinski definition) is 0. The van der Waals surface area contributed by atoms with E-state index in [0.29, 0.717) is 5.92 Å². The number of likely N-dealkylation sites (N-methyl/N-ethyl adjacent to an activating group) is 1. The van der Waals surface area contributed by atoms with Gasteiger partial charge < -0.3 is 9.64 Å². The standard InChI is InChI=1S/C16H26N4O/c1-19-7-3-8-20(10-9-19)12-15-5-6-17-16(18-15)14-4-2-11-21-13-14/h5-6,14H,2-4,7-13H2,1H3. The smallest absolute Gasteiger partial charge is 0.133 e. The fourth-order valence-electron chi connectivity index (χ4n) is 3.13. The summed E-state index contributed by atoms with van der Waals surface area (Å²) in [5.74, 6) is 1.35. The molecule has 0 spiro atoms. The zero-order valence-electron chi connectivity index (χ0n) is 13.0. The monoisotopic (exact) mass is 290 g/mol. The molecular formula is C16H26N4O. The summed E-state index contributed by atoms with van der Waals surface area (Å²) in [6.07, 6.45) is 5.43. The molecule has 0 saturated carbocycles. The maximum atomic E-state index is 5.56. The summed E-state index contributed by atoms with van der Waals surface area (Å²) >= 11 is 0. The van der Waals surface area contributed by atoms with E-state index in [1.54, 1.807) is 0 Å². The van der Waals surface area contributed by atoms with Crippen molar-refractivity contribution in [3.8, 4) is 0 Å². The summed E-state index contributed by atoms with van der Waals surface area (Å²) in [5, 5.41) is 0. The van der Waals surface area contributed by atoms with Gasteiger partial charge in [-0.2, -0.15) is 0 Å². The van der Waals surface area contributed by atoms with E-state index in [4.69, 9.17) is 9.72 Å². The minimum Gasteiger partial charge on any atom is -0.381 e. The molecule has 1 atom stereocenters. The number of ether oxygens (including phenoxy) is 1. The Labute approximate surface area is 127 Å². The van der Waals surface area contributed by atoms with Crippen LogP contribution in [-0.4, -0.2) is 66.2 Å². The molecule has 0 amide bonds. The Kier molecular flexibility index (Phi) is 5.17. The molecule has 1 aromatic rings. The van der Waals surface area contributed by atoms with Crippen molar-refractivity contribution in [1.29, 1.82) is 0 Å². The van der Waals surface area contributed by atoms with E-state index in [-0.39, 0.29) is 0 Å². The Hall–Kier alpha value is -1.04. The number of hydrogen-bond acceptors (Lipinski definition) is 5. The normalized spacial score (nSPS) is 25.7. The maximum Gasteiger partial charge on any atom is 0.133 e. The third-order valence-corrected chi connectivity index (χ3v) is 4.46. The van der Waals surface area contributed by atoms with Crippen LogP contribution in [0.1, 0.15) is 36.7 Å². The first kappa shape index (κ1) is 14.9. The molecule has 0 bridgehead atoms. The highest BCUT2D eigenvalue weighted by molar-refractivity contribution is 5.06. The van der Waals surface area contributed by atoms with Crippen molar-refractivity contribution in [3.63, 3.8) is 0 Å². The number of aromatic nitrogens is 2. The predicted molar refractivity (Wildman–Crippen MR) is 82.2 cm³/mol. The zero-order valence-corrected chi connectivity index (χ0v) is 13.0. The topological polar surface area (TPSA) is 41.5 Å². The Morgan fingerprint density at radius 3 is 3.05 bits per heavy atom. The average molecular weight is 290 g/mol. The molecule has 2 saturated heterocycles. The first-order valence-electron chi connectivity index (χ1n) is 8.12. The molecule has 3 rings (SSSR count). The van der Waals surface area contributed by atoms with Crippen molar-refractivity contribution in [2.45, 2.75) is 31.7 Å². The van der Waals surface area contributed by atoms with Crippen molar-refractivity contribution in [3.05, 3.63) is 23.8 Å². The predicted octanol–water partition coefficient (Wildman–Crippen LogP) is 1.51. The van der Waals surface area contributed by atoms with Crippen LogP contribution in [0, 0.1) is 0 Å². The molecule has 5 heteroatoms. The minimum absolute atomic E-state index is 0.383. The molecule has 1 aromatic heterocycles. The van der Waals surface area contributed by atoms with Gasteiger partial charge in [-0.1, -0.05) is 0 Å². The van der Waals surface area contributed by atoms with E-state index in [1.807, 2.05) is 6.20 Å². The lowest BCUT2D eigenvalue weighted by Gasteiger charge is -2.22. The first-order chi connectivity index (χ1) is 10.3. The van der Waals surface area contributed by atoms with Crippen LogP contribution in [0.2, 0.25) is 0 Å². The van der Waals surface area contributed by atoms with Crippen molar-refractivity contribution >= 4 is 0 Å². The van der Waals surface area contributed by atoms with Gasteiger partial charge in [0.15, 0.2) is 0 Å². The van der Waals surface area contributed by atoms with Gasteiger partial charge in [0, 0.05) is 38.4 Å². The fourth-order valence-corrected chi connectivity index (χ4v) is 3.13. The second-order valence-electron chi connectivity index (χ2n) is 6.25. The van der Waals surface area contributed by atoms with Crippen LogP contribution >= 0.6 is 0 Å². The zero-order chi connectivity index (χ0) is 14.5. The van der Waals surface area contributed by atoms with Gasteiger partial charge in [0.2, 0.25) is 0 Å². The first-order valence-corrected chi connectivity index (χ1v) is 8.12. The molecule has 5 nitrogen and oxygen atoms in total. The molecule has 0 radical (unpaired) electrons. The van der Waals surface area contributed by atoms with Gasteiger partial charge in [0.05, 0.1) is 12.3 Å². The SMILES string of the molecule is CN1CCCN(Cc2ccnc(C3CCCOC3)n2)CC1. The summed E-state index contributed by atoms with van der Waals surface area (Å²) in [4.78, 5) is 14.2. The van der Waals surface area contributed by atoms with Crippen LogP contribution in [0.25, 0.3) is 0 Å². The van der Waals surface area contributed by atoms with Gasteiger partial charge in [-0.3, -0.25) is 4.90 Å². The van der Waals surface area contributed by atoms with Gasteiger partial charge in [-0.25, -0.2) is 9.97 Å². The van der Waals surface area contributed by atoms with Crippen LogP contribution in [0.3, 0.4) is 0 Å². The summed E-state index contributed by atoms with van der Waals surface area (Å²) in [7, 11) is 2.20. The molecule has 3 heterocycles. The quantitative estimate of drug-likeness (QED) is 0.844. The Bertz CT molecular complexity index is 448. The van der Waals surface area contributed by atoms with E-state index in [9.17, 15) is 0 Å². The fraction of sp³-hybridized carbons (Fsp3) is 0.750. The second kappa shape index (κ2) is 7.29. The van der Waals surface area contributed by atoms with Crippen molar-refractivity contribution < 1.29 is 4.74 Å². The molecule has 0 aliphatic carbocycles. The van der Waals surface area contributed by atoms with E-state index in [2.05, 4.69) is 27.9 Å². The minimum atomic E-state index is 0.383. The summed E-state index contributed by atoms with van der Waals surface area (Å²) in [5.41, 5.74) is 1.15. The van der Waals surface area contributed by atoms with Crippen molar-refractivity contribution in [2.24, 2.45) is 0 Å². The molecule has 0 aromatic carbocycles. The molecule has 2 fully saturated rings. The average Bonchev–Trinajstić information content (AvgIpc) is 2.73. The lowest BCUT2D eigenvalue weighted by atomic mass is 10.0. The van der Waals surface area contributed by atoms with Gasteiger partial charge in [-0.05, 0) is 45.5 Å². The highest BCUT2D eigenvalue weighted by Gasteiger charge is 2.19. The molecule has 2 aliphatic rings. The summed E-state index contributed by atoms with van der Waals surface area (Å²) < 4.78 is 5.56. The Morgan fingerprint density at radius 1 is 1.24 bits per heavy atom. The molecule has 1 unspecified atom stereocenters. The largest absolute Gasteiger partial charge is 0.381 e. The van der Waals surface area contributed by atoms with Gasteiger partial charge in [0.25, 0.3) is 0 Å². The van der Waals surface area contributed by atoms with Crippen molar-refractivity contribution in [2.75, 3.05) is 46.4 Å². The third kappa shape index (κ3) is 4.22. The van der Waals surface area contributed by atoms with Crippen LogP contribution in [0.4, 0.5) is 0 Å². The third-order valence-electron chi connectivity index (χ3n) is 4.46. The molecular weight excluding hydrogens is 264 g/mol. The lowest BCUT2D eigenvalue weighted by molar-refractivity contribution is 0.0779. The van der Waals surface area contributed by atoms with Crippen LogP contribution in [0.15, 0.2) is 12.3 Å². The lowest BCUT2D eigenvalue weighted by Crippen LogP contribution is -2.29. The van der Waals surface area contributed by atoms with Crippen LogP contribution < -0.4 is 0 Å². The molecule has 2 aliphatic heterocycles. The Morgan fingerprint density at radius 2 is 2.19 bits per heavy atom. The van der Waals surface area contributed by atoms with Gasteiger partial charge in [0.1, 0.15) is 5.82 Å². The number of rotatable bonds is 3. The number of nitrogens with zero attached hydrogens (tertiary/aromatic N) is 4. The van der Waals surface area contributed by atoms with E-state index >= 15 is 0 Å². The highest BCUT2D eigenvalue weighted by atomic mass is 16.5. The maximum absolute atomic E-state index is 5.56. The van der Waals surface area contributed by atoms with Crippen LogP contribution in [0.5, 0.6) is 0 Å². The van der Waals surface area contributed by atoms with E-state index in [1.165, 1.54) is 13.0 Å². The molecule has 21 heavy (non-hydrogen) atoms.